The van der Waals surface area contributed by atoms with E-state index in [1.165, 1.54) is 6.20 Å². The van der Waals surface area contributed by atoms with Crippen LogP contribution in [0.1, 0.15) is 5.56 Å². The first-order valence-electron chi connectivity index (χ1n) is 3.43. The number of nitrogens with zero attached hydrogens (tertiary/aromatic N) is 1. The molecule has 0 atom stereocenters. The zero-order valence-corrected chi connectivity index (χ0v) is 7.12. The number of aliphatic hydroxyl groups is 1. The van der Waals surface area contributed by atoms with Gasteiger partial charge in [-0.15, -0.1) is 0 Å². The van der Waals surface area contributed by atoms with Crippen molar-refractivity contribution < 1.29 is 5.11 Å². The number of pyridine rings is 1. The molecular formula is C8H9ClN2O. The lowest BCUT2D eigenvalue weighted by Crippen LogP contribution is -1.91. The number of anilines is 1. The van der Waals surface area contributed by atoms with E-state index in [1.807, 2.05) is 0 Å². The largest absolute Gasteiger partial charge is 0.398 e. The molecule has 0 saturated carbocycles. The van der Waals surface area contributed by atoms with Gasteiger partial charge in [0.25, 0.3) is 0 Å². The molecule has 1 heterocycles. The fraction of sp³-hybridized carbons (Fsp3) is 0.125. The highest BCUT2D eigenvalue weighted by Gasteiger charge is 2.00. The average molecular weight is 185 g/mol. The standard InChI is InChI=1S/C8H9ClN2O/c9-8-6(2-1-5-12)7(10)3-4-11-8/h1-4,12H,5H2,(H2,10,11). The van der Waals surface area contributed by atoms with Crippen molar-refractivity contribution in [3.8, 4) is 0 Å². The van der Waals surface area contributed by atoms with Gasteiger partial charge in [-0.05, 0) is 6.07 Å². The molecule has 0 spiro atoms. The molecule has 0 radical (unpaired) electrons. The molecule has 1 aromatic rings. The van der Waals surface area contributed by atoms with Gasteiger partial charge in [0, 0.05) is 17.4 Å². The van der Waals surface area contributed by atoms with Crippen molar-refractivity contribution in [2.24, 2.45) is 0 Å². The van der Waals surface area contributed by atoms with Crippen LogP contribution in [0.15, 0.2) is 18.3 Å². The summed E-state index contributed by atoms with van der Waals surface area (Å²) in [6.45, 7) is -0.0370. The third kappa shape index (κ3) is 1.96. The van der Waals surface area contributed by atoms with E-state index in [4.69, 9.17) is 22.4 Å². The summed E-state index contributed by atoms with van der Waals surface area (Å²) in [5.74, 6) is 0. The van der Waals surface area contributed by atoms with Crippen LogP contribution in [0, 0.1) is 0 Å². The molecule has 3 N–H and O–H groups in total. The number of hydrogen-bond donors (Lipinski definition) is 2. The average Bonchev–Trinajstić information content (AvgIpc) is 2.04. The zero-order chi connectivity index (χ0) is 8.97. The molecule has 0 aliphatic carbocycles. The summed E-state index contributed by atoms with van der Waals surface area (Å²) in [6, 6.07) is 1.66. The molecule has 12 heavy (non-hydrogen) atoms. The lowest BCUT2D eigenvalue weighted by Gasteiger charge is -2.00. The normalized spacial score (nSPS) is 10.8. The smallest absolute Gasteiger partial charge is 0.138 e. The van der Waals surface area contributed by atoms with Gasteiger partial charge in [0.2, 0.25) is 0 Å². The SMILES string of the molecule is Nc1ccnc(Cl)c1C=CCO. The van der Waals surface area contributed by atoms with Crippen LogP contribution in [-0.2, 0) is 0 Å². The predicted molar refractivity (Wildman–Crippen MR) is 49.8 cm³/mol. The fourth-order valence-corrected chi connectivity index (χ4v) is 1.03. The molecule has 0 aliphatic rings. The molecule has 4 heteroatoms. The number of aliphatic hydroxyl groups excluding tert-OH is 1. The molecule has 3 nitrogen and oxygen atoms in total. The van der Waals surface area contributed by atoms with Crippen LogP contribution in [0.3, 0.4) is 0 Å². The Morgan fingerprint density at radius 3 is 3.00 bits per heavy atom. The number of nitrogens with two attached hydrogens (primary N) is 1. The third-order valence-corrected chi connectivity index (χ3v) is 1.67. The van der Waals surface area contributed by atoms with Crippen molar-refractivity contribution in [2.45, 2.75) is 0 Å². The summed E-state index contributed by atoms with van der Waals surface area (Å²) in [5.41, 5.74) is 6.81. The quantitative estimate of drug-likeness (QED) is 0.682. The predicted octanol–water partition coefficient (Wildman–Crippen LogP) is 1.32. The Morgan fingerprint density at radius 1 is 1.67 bits per heavy atom. The van der Waals surface area contributed by atoms with Crippen LogP contribution in [0.4, 0.5) is 5.69 Å². The Labute approximate surface area is 75.5 Å². The highest BCUT2D eigenvalue weighted by molar-refractivity contribution is 6.31. The van der Waals surface area contributed by atoms with E-state index in [0.29, 0.717) is 16.4 Å². The summed E-state index contributed by atoms with van der Waals surface area (Å²) in [6.07, 6.45) is 4.73. The number of nitrogen functional groups attached to an aromatic ring is 1. The van der Waals surface area contributed by atoms with Gasteiger partial charge in [-0.2, -0.15) is 0 Å². The van der Waals surface area contributed by atoms with Gasteiger partial charge in [-0.3, -0.25) is 0 Å². The van der Waals surface area contributed by atoms with Crippen molar-refractivity contribution in [1.82, 2.24) is 4.98 Å². The van der Waals surface area contributed by atoms with E-state index < -0.39 is 0 Å². The fourth-order valence-electron chi connectivity index (χ4n) is 0.797. The molecular weight excluding hydrogens is 176 g/mol. The highest BCUT2D eigenvalue weighted by atomic mass is 35.5. The first kappa shape index (κ1) is 9.03. The molecule has 0 aromatic carbocycles. The number of hydrogen-bond acceptors (Lipinski definition) is 3. The minimum Gasteiger partial charge on any atom is -0.398 e. The zero-order valence-electron chi connectivity index (χ0n) is 6.37. The van der Waals surface area contributed by atoms with Crippen LogP contribution < -0.4 is 5.73 Å². The molecule has 0 bridgehead atoms. The Morgan fingerprint density at radius 2 is 2.42 bits per heavy atom. The molecule has 1 rings (SSSR count). The van der Waals surface area contributed by atoms with Gasteiger partial charge in [-0.1, -0.05) is 23.8 Å². The first-order chi connectivity index (χ1) is 5.75. The van der Waals surface area contributed by atoms with Crippen molar-refractivity contribution in [3.63, 3.8) is 0 Å². The number of halogens is 1. The number of rotatable bonds is 2. The van der Waals surface area contributed by atoms with Crippen LogP contribution in [0.25, 0.3) is 6.08 Å². The van der Waals surface area contributed by atoms with Gasteiger partial charge in [0.1, 0.15) is 5.15 Å². The molecule has 0 amide bonds. The lowest BCUT2D eigenvalue weighted by molar-refractivity contribution is 0.343. The Bertz CT molecular complexity index is 279. The lowest BCUT2D eigenvalue weighted by atomic mass is 10.2. The maximum absolute atomic E-state index is 8.52. The van der Waals surface area contributed by atoms with Gasteiger partial charge in [0.05, 0.1) is 6.61 Å². The topological polar surface area (TPSA) is 59.1 Å². The molecule has 1 aromatic heterocycles. The monoisotopic (exact) mass is 184 g/mol. The van der Waals surface area contributed by atoms with E-state index in [1.54, 1.807) is 18.2 Å². The molecule has 64 valence electrons. The summed E-state index contributed by atoms with van der Waals surface area (Å²) >= 11 is 5.74. The van der Waals surface area contributed by atoms with Gasteiger partial charge >= 0.3 is 0 Å². The second-order valence-corrected chi connectivity index (χ2v) is 2.55. The van der Waals surface area contributed by atoms with Crippen LogP contribution >= 0.6 is 11.6 Å². The Kier molecular flexibility index (Phi) is 3.08. The minimum absolute atomic E-state index is 0.0370. The van der Waals surface area contributed by atoms with Crippen molar-refractivity contribution >= 4 is 23.4 Å². The van der Waals surface area contributed by atoms with Crippen LogP contribution in [-0.4, -0.2) is 16.7 Å². The highest BCUT2D eigenvalue weighted by Crippen LogP contribution is 2.20. The van der Waals surface area contributed by atoms with Gasteiger partial charge in [-0.25, -0.2) is 4.98 Å². The van der Waals surface area contributed by atoms with E-state index in [-0.39, 0.29) is 6.61 Å². The molecule has 0 fully saturated rings. The van der Waals surface area contributed by atoms with Crippen molar-refractivity contribution in [1.29, 1.82) is 0 Å². The van der Waals surface area contributed by atoms with Crippen molar-refractivity contribution in [3.05, 3.63) is 29.1 Å². The Hall–Kier alpha value is -1.06. The third-order valence-electron chi connectivity index (χ3n) is 1.37. The van der Waals surface area contributed by atoms with Crippen LogP contribution in [0.2, 0.25) is 5.15 Å². The van der Waals surface area contributed by atoms with E-state index in [0.717, 1.165) is 0 Å². The first-order valence-corrected chi connectivity index (χ1v) is 3.81. The summed E-state index contributed by atoms with van der Waals surface area (Å²) in [4.78, 5) is 3.85. The summed E-state index contributed by atoms with van der Waals surface area (Å²) in [7, 11) is 0. The maximum Gasteiger partial charge on any atom is 0.138 e. The maximum atomic E-state index is 8.52. The van der Waals surface area contributed by atoms with Crippen LogP contribution in [0.5, 0.6) is 0 Å². The van der Waals surface area contributed by atoms with Gasteiger partial charge in [0.15, 0.2) is 0 Å². The minimum atomic E-state index is -0.0370. The molecule has 0 aliphatic heterocycles. The van der Waals surface area contributed by atoms with E-state index in [2.05, 4.69) is 4.98 Å². The van der Waals surface area contributed by atoms with E-state index >= 15 is 0 Å². The van der Waals surface area contributed by atoms with Crippen molar-refractivity contribution in [2.75, 3.05) is 12.3 Å². The number of aromatic nitrogens is 1. The van der Waals surface area contributed by atoms with Gasteiger partial charge < -0.3 is 10.8 Å². The second-order valence-electron chi connectivity index (χ2n) is 2.19. The summed E-state index contributed by atoms with van der Waals surface area (Å²) < 4.78 is 0. The molecule has 0 saturated heterocycles. The Balaban J connectivity index is 3.04. The summed E-state index contributed by atoms with van der Waals surface area (Å²) in [5, 5.41) is 8.87. The van der Waals surface area contributed by atoms with E-state index in [9.17, 15) is 0 Å². The molecule has 0 unspecified atom stereocenters. The second kappa shape index (κ2) is 4.09.